The van der Waals surface area contributed by atoms with Crippen molar-refractivity contribution in [2.75, 3.05) is 6.54 Å². The first-order valence-corrected chi connectivity index (χ1v) is 5.79. The van der Waals surface area contributed by atoms with Gasteiger partial charge in [0.15, 0.2) is 0 Å². The highest BCUT2D eigenvalue weighted by atomic mass is 19.3. The van der Waals surface area contributed by atoms with Crippen molar-refractivity contribution in [2.24, 2.45) is 5.73 Å². The van der Waals surface area contributed by atoms with E-state index in [4.69, 9.17) is 5.73 Å². The highest BCUT2D eigenvalue weighted by Crippen LogP contribution is 2.28. The molecule has 1 aromatic carbocycles. The molecule has 1 unspecified atom stereocenters. The van der Waals surface area contributed by atoms with Crippen LogP contribution in [-0.4, -0.2) is 12.5 Å². The van der Waals surface area contributed by atoms with Gasteiger partial charge in [0.25, 0.3) is 5.92 Å². The van der Waals surface area contributed by atoms with Gasteiger partial charge in [-0.05, 0) is 18.1 Å². The SMILES string of the molecule is CC(=O)NCCC(N)c1cccc(C(C)(F)F)c1. The Bertz CT molecular complexity index is 416. The van der Waals surface area contributed by atoms with Crippen molar-refractivity contribution in [3.8, 4) is 0 Å². The number of carbonyl (C=O) groups excluding carboxylic acids is 1. The number of halogens is 2. The van der Waals surface area contributed by atoms with Crippen LogP contribution in [-0.2, 0) is 10.7 Å². The molecule has 0 aromatic heterocycles. The van der Waals surface area contributed by atoms with E-state index < -0.39 is 5.92 Å². The average molecular weight is 256 g/mol. The Kier molecular flexibility index (Phi) is 4.78. The summed E-state index contributed by atoms with van der Waals surface area (Å²) in [6.07, 6.45) is 0.512. The number of amides is 1. The maximum atomic E-state index is 13.2. The zero-order valence-corrected chi connectivity index (χ0v) is 10.5. The van der Waals surface area contributed by atoms with Crippen molar-refractivity contribution in [3.63, 3.8) is 0 Å². The quantitative estimate of drug-likeness (QED) is 0.849. The molecule has 0 aliphatic carbocycles. The third-order valence-corrected chi connectivity index (χ3v) is 2.65. The van der Waals surface area contributed by atoms with E-state index >= 15 is 0 Å². The third kappa shape index (κ3) is 4.41. The zero-order chi connectivity index (χ0) is 13.8. The Morgan fingerprint density at radius 3 is 2.72 bits per heavy atom. The number of carbonyl (C=O) groups is 1. The first-order chi connectivity index (χ1) is 8.30. The van der Waals surface area contributed by atoms with Crippen LogP contribution in [0.15, 0.2) is 24.3 Å². The summed E-state index contributed by atoms with van der Waals surface area (Å²) in [5.74, 6) is -3.00. The van der Waals surface area contributed by atoms with Gasteiger partial charge in [-0.15, -0.1) is 0 Å². The van der Waals surface area contributed by atoms with E-state index in [-0.39, 0.29) is 17.5 Å². The Morgan fingerprint density at radius 2 is 2.17 bits per heavy atom. The summed E-state index contributed by atoms with van der Waals surface area (Å²) in [7, 11) is 0. The summed E-state index contributed by atoms with van der Waals surface area (Å²) < 4.78 is 26.3. The maximum Gasteiger partial charge on any atom is 0.270 e. The summed E-state index contributed by atoms with van der Waals surface area (Å²) >= 11 is 0. The van der Waals surface area contributed by atoms with E-state index in [0.29, 0.717) is 18.5 Å². The second-order valence-corrected chi connectivity index (χ2v) is 4.39. The van der Waals surface area contributed by atoms with E-state index in [2.05, 4.69) is 5.32 Å². The smallest absolute Gasteiger partial charge is 0.270 e. The standard InChI is InChI=1S/C13H18F2N2O/c1-9(18)17-7-6-12(16)10-4-3-5-11(8-10)13(2,14)15/h3-5,8,12H,6-7,16H2,1-2H3,(H,17,18). The number of nitrogens with two attached hydrogens (primary N) is 1. The molecule has 1 rings (SSSR count). The molecule has 1 aromatic rings. The minimum absolute atomic E-state index is 0.0463. The van der Waals surface area contributed by atoms with Crippen LogP contribution >= 0.6 is 0 Å². The molecule has 0 aliphatic heterocycles. The predicted octanol–water partition coefficient (Wildman–Crippen LogP) is 2.32. The second-order valence-electron chi connectivity index (χ2n) is 4.39. The van der Waals surface area contributed by atoms with Crippen LogP contribution in [0.5, 0.6) is 0 Å². The predicted molar refractivity (Wildman–Crippen MR) is 66.2 cm³/mol. The molecule has 0 fully saturated rings. The molecule has 1 atom stereocenters. The number of nitrogens with one attached hydrogen (secondary N) is 1. The Labute approximate surface area is 105 Å². The van der Waals surface area contributed by atoms with Crippen LogP contribution in [0, 0.1) is 0 Å². The van der Waals surface area contributed by atoms with Crippen molar-refractivity contribution in [1.29, 1.82) is 0 Å². The molecule has 0 saturated carbocycles. The van der Waals surface area contributed by atoms with Crippen LogP contribution in [0.2, 0.25) is 0 Å². The number of hydrogen-bond donors (Lipinski definition) is 2. The van der Waals surface area contributed by atoms with E-state index in [1.165, 1.54) is 19.1 Å². The third-order valence-electron chi connectivity index (χ3n) is 2.65. The summed E-state index contributed by atoms with van der Waals surface area (Å²) in [6.45, 7) is 2.71. The molecular formula is C13H18F2N2O. The van der Waals surface area contributed by atoms with Gasteiger partial charge in [0.05, 0.1) is 0 Å². The second kappa shape index (κ2) is 5.91. The Morgan fingerprint density at radius 1 is 1.50 bits per heavy atom. The highest BCUT2D eigenvalue weighted by Gasteiger charge is 2.24. The molecule has 3 N–H and O–H groups in total. The molecule has 1 amide bonds. The molecular weight excluding hydrogens is 238 g/mol. The minimum Gasteiger partial charge on any atom is -0.356 e. The molecule has 5 heteroatoms. The lowest BCUT2D eigenvalue weighted by Crippen LogP contribution is -2.25. The monoisotopic (exact) mass is 256 g/mol. The van der Waals surface area contributed by atoms with Crippen molar-refractivity contribution in [2.45, 2.75) is 32.2 Å². The lowest BCUT2D eigenvalue weighted by Gasteiger charge is -2.16. The summed E-state index contributed by atoms with van der Waals surface area (Å²) in [5, 5.41) is 2.62. The molecule has 0 bridgehead atoms. The van der Waals surface area contributed by atoms with Crippen LogP contribution in [0.25, 0.3) is 0 Å². The lowest BCUT2D eigenvalue weighted by atomic mass is 10.00. The number of rotatable bonds is 5. The van der Waals surface area contributed by atoms with Crippen LogP contribution < -0.4 is 11.1 Å². The van der Waals surface area contributed by atoms with Gasteiger partial charge in [0.1, 0.15) is 0 Å². The van der Waals surface area contributed by atoms with Gasteiger partial charge in [-0.2, -0.15) is 0 Å². The van der Waals surface area contributed by atoms with Gasteiger partial charge < -0.3 is 11.1 Å². The van der Waals surface area contributed by atoms with Gasteiger partial charge >= 0.3 is 0 Å². The molecule has 0 radical (unpaired) electrons. The fraction of sp³-hybridized carbons (Fsp3) is 0.462. The Balaban J connectivity index is 2.68. The number of benzene rings is 1. The van der Waals surface area contributed by atoms with Crippen molar-refractivity contribution < 1.29 is 13.6 Å². The van der Waals surface area contributed by atoms with Crippen LogP contribution in [0.3, 0.4) is 0 Å². The van der Waals surface area contributed by atoms with Crippen LogP contribution in [0.1, 0.15) is 37.4 Å². The number of hydrogen-bond acceptors (Lipinski definition) is 2. The normalized spacial score (nSPS) is 13.2. The van der Waals surface area contributed by atoms with Gasteiger partial charge in [0.2, 0.25) is 5.91 Å². The molecule has 3 nitrogen and oxygen atoms in total. The summed E-state index contributed by atoms with van der Waals surface area (Å²) in [5.41, 5.74) is 6.50. The maximum absolute atomic E-state index is 13.2. The van der Waals surface area contributed by atoms with Crippen LogP contribution in [0.4, 0.5) is 8.78 Å². The molecule has 0 aliphatic rings. The van der Waals surface area contributed by atoms with Gasteiger partial charge in [-0.1, -0.05) is 18.2 Å². The number of alkyl halides is 2. The summed E-state index contributed by atoms with van der Waals surface area (Å²) in [4.78, 5) is 10.7. The van der Waals surface area contributed by atoms with Gasteiger partial charge in [0, 0.05) is 32.0 Å². The van der Waals surface area contributed by atoms with Gasteiger partial charge in [-0.3, -0.25) is 4.79 Å². The molecule has 0 heterocycles. The first kappa shape index (κ1) is 14.6. The Hall–Kier alpha value is -1.49. The van der Waals surface area contributed by atoms with E-state index in [0.717, 1.165) is 6.92 Å². The van der Waals surface area contributed by atoms with E-state index in [1.807, 2.05) is 0 Å². The molecule has 0 saturated heterocycles. The first-order valence-electron chi connectivity index (χ1n) is 5.79. The topological polar surface area (TPSA) is 55.1 Å². The fourth-order valence-corrected chi connectivity index (χ4v) is 1.61. The average Bonchev–Trinajstić information content (AvgIpc) is 2.27. The largest absolute Gasteiger partial charge is 0.356 e. The van der Waals surface area contributed by atoms with Crippen molar-refractivity contribution in [3.05, 3.63) is 35.4 Å². The lowest BCUT2D eigenvalue weighted by molar-refractivity contribution is -0.118. The molecule has 100 valence electrons. The van der Waals surface area contributed by atoms with Gasteiger partial charge in [-0.25, -0.2) is 8.78 Å². The van der Waals surface area contributed by atoms with E-state index in [9.17, 15) is 13.6 Å². The molecule has 18 heavy (non-hydrogen) atoms. The van der Waals surface area contributed by atoms with E-state index in [1.54, 1.807) is 12.1 Å². The zero-order valence-electron chi connectivity index (χ0n) is 10.5. The summed E-state index contributed by atoms with van der Waals surface area (Å²) in [6, 6.07) is 5.72. The highest BCUT2D eigenvalue weighted by molar-refractivity contribution is 5.72. The van der Waals surface area contributed by atoms with Crippen molar-refractivity contribution >= 4 is 5.91 Å². The fourth-order valence-electron chi connectivity index (χ4n) is 1.61. The minimum atomic E-state index is -2.87. The molecule has 0 spiro atoms. The van der Waals surface area contributed by atoms with Crippen molar-refractivity contribution in [1.82, 2.24) is 5.32 Å².